The fourth-order valence-corrected chi connectivity index (χ4v) is 3.61. The first-order valence-electron chi connectivity index (χ1n) is 5.09. The first kappa shape index (κ1) is 13.0. The standard InChI is InChI=1S/C10H12BrClN4S/c1-2-16-9(7(12)5-14-16)8(15-13)10-6(11)3-4-17-10/h3-5,8,15H,2,13H2,1H3. The lowest BCUT2D eigenvalue weighted by atomic mass is 10.2. The summed E-state index contributed by atoms with van der Waals surface area (Å²) >= 11 is 11.3. The van der Waals surface area contributed by atoms with E-state index in [0.29, 0.717) is 5.02 Å². The van der Waals surface area contributed by atoms with Crippen LogP contribution in [0.1, 0.15) is 23.5 Å². The van der Waals surface area contributed by atoms with Crippen molar-refractivity contribution in [2.75, 3.05) is 0 Å². The van der Waals surface area contributed by atoms with Crippen LogP contribution in [0.2, 0.25) is 5.02 Å². The Morgan fingerprint density at radius 2 is 2.47 bits per heavy atom. The van der Waals surface area contributed by atoms with E-state index in [1.165, 1.54) is 0 Å². The van der Waals surface area contributed by atoms with Crippen LogP contribution in [0.15, 0.2) is 22.1 Å². The first-order chi connectivity index (χ1) is 8.19. The quantitative estimate of drug-likeness (QED) is 0.667. The average Bonchev–Trinajstić information content (AvgIpc) is 2.89. The lowest BCUT2D eigenvalue weighted by molar-refractivity contribution is 0.547. The molecule has 17 heavy (non-hydrogen) atoms. The highest BCUT2D eigenvalue weighted by Crippen LogP contribution is 2.35. The Kier molecular flexibility index (Phi) is 4.22. The predicted molar refractivity (Wildman–Crippen MR) is 74.1 cm³/mol. The van der Waals surface area contributed by atoms with Gasteiger partial charge in [-0.1, -0.05) is 11.6 Å². The van der Waals surface area contributed by atoms with Gasteiger partial charge in [-0.25, -0.2) is 5.43 Å². The summed E-state index contributed by atoms with van der Waals surface area (Å²) in [6.07, 6.45) is 1.65. The van der Waals surface area contributed by atoms with Gasteiger partial charge in [-0.15, -0.1) is 11.3 Å². The molecule has 0 bridgehead atoms. The third kappa shape index (κ3) is 2.41. The Morgan fingerprint density at radius 3 is 3.00 bits per heavy atom. The summed E-state index contributed by atoms with van der Waals surface area (Å²) in [5, 5.41) is 6.85. The van der Waals surface area contributed by atoms with E-state index >= 15 is 0 Å². The van der Waals surface area contributed by atoms with Crippen molar-refractivity contribution in [1.29, 1.82) is 0 Å². The van der Waals surface area contributed by atoms with Gasteiger partial charge < -0.3 is 0 Å². The van der Waals surface area contributed by atoms with Gasteiger partial charge in [0.05, 0.1) is 23.0 Å². The number of hydrazine groups is 1. The monoisotopic (exact) mass is 334 g/mol. The normalized spacial score (nSPS) is 12.9. The largest absolute Gasteiger partial charge is 0.270 e. The number of rotatable bonds is 4. The molecule has 0 amide bonds. The number of nitrogens with zero attached hydrogens (tertiary/aromatic N) is 2. The van der Waals surface area contributed by atoms with E-state index in [1.54, 1.807) is 17.5 Å². The second-order valence-electron chi connectivity index (χ2n) is 3.43. The van der Waals surface area contributed by atoms with Crippen molar-refractivity contribution in [3.05, 3.63) is 37.7 Å². The molecule has 0 saturated heterocycles. The Bertz CT molecular complexity index is 510. The predicted octanol–water partition coefficient (Wildman–Crippen LogP) is 2.93. The number of halogens is 2. The summed E-state index contributed by atoms with van der Waals surface area (Å²) in [7, 11) is 0. The highest BCUT2D eigenvalue weighted by Gasteiger charge is 2.23. The fourth-order valence-electron chi connectivity index (χ4n) is 1.70. The van der Waals surface area contributed by atoms with Gasteiger partial charge in [0, 0.05) is 15.9 Å². The highest BCUT2D eigenvalue weighted by atomic mass is 79.9. The fraction of sp³-hybridized carbons (Fsp3) is 0.300. The van der Waals surface area contributed by atoms with Gasteiger partial charge in [0.2, 0.25) is 0 Å². The molecule has 3 N–H and O–H groups in total. The number of thiophene rings is 1. The van der Waals surface area contributed by atoms with Gasteiger partial charge >= 0.3 is 0 Å². The van der Waals surface area contributed by atoms with Crippen molar-refractivity contribution in [2.45, 2.75) is 19.5 Å². The van der Waals surface area contributed by atoms with Gasteiger partial charge in [0.15, 0.2) is 0 Å². The molecule has 92 valence electrons. The first-order valence-corrected chi connectivity index (χ1v) is 7.14. The Labute approximate surface area is 117 Å². The number of hydrogen-bond acceptors (Lipinski definition) is 4. The molecule has 4 nitrogen and oxygen atoms in total. The summed E-state index contributed by atoms with van der Waals surface area (Å²) in [6, 6.07) is 1.84. The number of hydrogen-bond donors (Lipinski definition) is 2. The molecular formula is C10H12BrClN4S. The second kappa shape index (κ2) is 5.49. The van der Waals surface area contributed by atoms with Gasteiger partial charge in [0.25, 0.3) is 0 Å². The van der Waals surface area contributed by atoms with Crippen LogP contribution < -0.4 is 11.3 Å². The minimum atomic E-state index is -0.153. The van der Waals surface area contributed by atoms with Crippen LogP contribution >= 0.6 is 38.9 Å². The van der Waals surface area contributed by atoms with Crippen LogP contribution in [-0.4, -0.2) is 9.78 Å². The van der Waals surface area contributed by atoms with Gasteiger partial charge in [-0.05, 0) is 34.3 Å². The number of nitrogens with one attached hydrogen (secondary N) is 1. The van der Waals surface area contributed by atoms with Gasteiger partial charge in [-0.2, -0.15) is 5.10 Å². The van der Waals surface area contributed by atoms with Crippen LogP contribution in [0.25, 0.3) is 0 Å². The summed E-state index contributed by atoms with van der Waals surface area (Å²) in [6.45, 7) is 2.77. The van der Waals surface area contributed by atoms with Crippen molar-refractivity contribution in [3.63, 3.8) is 0 Å². The van der Waals surface area contributed by atoms with Crippen molar-refractivity contribution < 1.29 is 0 Å². The molecule has 1 atom stereocenters. The second-order valence-corrected chi connectivity index (χ2v) is 5.64. The molecule has 0 radical (unpaired) electrons. The van der Waals surface area contributed by atoms with Crippen molar-refractivity contribution in [1.82, 2.24) is 15.2 Å². The Morgan fingerprint density at radius 1 is 1.71 bits per heavy atom. The molecule has 0 spiro atoms. The summed E-state index contributed by atoms with van der Waals surface area (Å²) in [4.78, 5) is 1.09. The number of nitrogens with two attached hydrogens (primary N) is 1. The van der Waals surface area contributed by atoms with E-state index in [9.17, 15) is 0 Å². The maximum Gasteiger partial charge on any atom is 0.0996 e. The van der Waals surface area contributed by atoms with Gasteiger partial charge in [0.1, 0.15) is 0 Å². The van der Waals surface area contributed by atoms with E-state index < -0.39 is 0 Å². The maximum absolute atomic E-state index is 6.18. The SMILES string of the molecule is CCn1ncc(Cl)c1C(NN)c1sccc1Br. The minimum absolute atomic E-state index is 0.153. The molecule has 2 aromatic rings. The molecule has 0 aromatic carbocycles. The average molecular weight is 336 g/mol. The Hall–Kier alpha value is -0.400. The van der Waals surface area contributed by atoms with E-state index in [2.05, 4.69) is 26.5 Å². The van der Waals surface area contributed by atoms with Crippen LogP contribution in [0, 0.1) is 0 Å². The molecule has 2 rings (SSSR count). The molecule has 0 aliphatic carbocycles. The number of aromatic nitrogens is 2. The van der Waals surface area contributed by atoms with Crippen LogP contribution in [-0.2, 0) is 6.54 Å². The van der Waals surface area contributed by atoms with E-state index in [4.69, 9.17) is 17.4 Å². The topological polar surface area (TPSA) is 55.9 Å². The molecule has 0 fully saturated rings. The van der Waals surface area contributed by atoms with E-state index in [0.717, 1.165) is 21.6 Å². The van der Waals surface area contributed by atoms with E-state index in [1.807, 2.05) is 23.1 Å². The summed E-state index contributed by atoms with van der Waals surface area (Å²) in [5.74, 6) is 5.65. The lowest BCUT2D eigenvalue weighted by Gasteiger charge is -2.17. The molecule has 1 unspecified atom stereocenters. The van der Waals surface area contributed by atoms with Crippen molar-refractivity contribution >= 4 is 38.9 Å². The van der Waals surface area contributed by atoms with Gasteiger partial charge in [-0.3, -0.25) is 10.5 Å². The highest BCUT2D eigenvalue weighted by molar-refractivity contribution is 9.10. The van der Waals surface area contributed by atoms with E-state index in [-0.39, 0.29) is 6.04 Å². The summed E-state index contributed by atoms with van der Waals surface area (Å²) in [5.41, 5.74) is 3.69. The Balaban J connectivity index is 2.49. The molecule has 0 aliphatic heterocycles. The zero-order chi connectivity index (χ0) is 12.4. The molecule has 0 aliphatic rings. The lowest BCUT2D eigenvalue weighted by Crippen LogP contribution is -2.30. The molecule has 7 heteroatoms. The van der Waals surface area contributed by atoms with Crippen molar-refractivity contribution in [2.24, 2.45) is 5.84 Å². The van der Waals surface area contributed by atoms with Crippen LogP contribution in [0.3, 0.4) is 0 Å². The minimum Gasteiger partial charge on any atom is -0.270 e. The van der Waals surface area contributed by atoms with Crippen LogP contribution in [0.5, 0.6) is 0 Å². The molecular weight excluding hydrogens is 324 g/mol. The van der Waals surface area contributed by atoms with Crippen LogP contribution in [0.4, 0.5) is 0 Å². The molecule has 2 heterocycles. The third-order valence-electron chi connectivity index (χ3n) is 2.48. The maximum atomic E-state index is 6.18. The summed E-state index contributed by atoms with van der Waals surface area (Å²) < 4.78 is 2.87. The van der Waals surface area contributed by atoms with Crippen molar-refractivity contribution in [3.8, 4) is 0 Å². The number of aryl methyl sites for hydroxylation is 1. The third-order valence-corrected chi connectivity index (χ3v) is 4.71. The zero-order valence-electron chi connectivity index (χ0n) is 9.15. The molecule has 2 aromatic heterocycles. The molecule has 0 saturated carbocycles. The smallest absolute Gasteiger partial charge is 0.0996 e. The zero-order valence-corrected chi connectivity index (χ0v) is 12.3.